The van der Waals surface area contributed by atoms with Gasteiger partial charge < -0.3 is 10.2 Å². The maximum atomic E-state index is 13.8. The summed E-state index contributed by atoms with van der Waals surface area (Å²) in [7, 11) is 4.15. The topological polar surface area (TPSA) is 15.3 Å². The van der Waals surface area contributed by atoms with Gasteiger partial charge in [0.25, 0.3) is 0 Å². The van der Waals surface area contributed by atoms with Gasteiger partial charge in [-0.1, -0.05) is 38.0 Å². The van der Waals surface area contributed by atoms with E-state index in [4.69, 9.17) is 0 Å². The van der Waals surface area contributed by atoms with Crippen molar-refractivity contribution in [1.29, 1.82) is 0 Å². The van der Waals surface area contributed by atoms with Crippen LogP contribution in [0.5, 0.6) is 0 Å². The molecule has 1 aromatic carbocycles. The second-order valence-corrected chi connectivity index (χ2v) is 7.00. The highest BCUT2D eigenvalue weighted by Gasteiger charge is 2.35. The molecular weight excluding hydrogens is 263 g/mol. The molecule has 21 heavy (non-hydrogen) atoms. The van der Waals surface area contributed by atoms with Gasteiger partial charge in [-0.05, 0) is 44.3 Å². The molecule has 3 heteroatoms. The Kier molecular flexibility index (Phi) is 5.77. The Bertz CT molecular complexity index is 445. The van der Waals surface area contributed by atoms with E-state index in [0.717, 1.165) is 24.6 Å². The average molecular weight is 292 g/mol. The molecule has 0 amide bonds. The molecule has 1 aliphatic rings. The van der Waals surface area contributed by atoms with E-state index in [-0.39, 0.29) is 5.82 Å². The average Bonchev–Trinajstić information content (AvgIpc) is 2.41. The van der Waals surface area contributed by atoms with Crippen LogP contribution >= 0.6 is 0 Å². The van der Waals surface area contributed by atoms with Crippen molar-refractivity contribution < 1.29 is 4.39 Å². The number of nitrogens with zero attached hydrogens (tertiary/aromatic N) is 1. The van der Waals surface area contributed by atoms with Gasteiger partial charge in [-0.15, -0.1) is 0 Å². The number of halogens is 1. The fourth-order valence-corrected chi connectivity index (χ4v) is 4.05. The van der Waals surface area contributed by atoms with Gasteiger partial charge in [-0.25, -0.2) is 4.39 Å². The lowest BCUT2D eigenvalue weighted by molar-refractivity contribution is 0.0905. The van der Waals surface area contributed by atoms with Gasteiger partial charge in [0.05, 0.1) is 0 Å². The number of benzene rings is 1. The summed E-state index contributed by atoms with van der Waals surface area (Å²) in [6.45, 7) is 5.14. The van der Waals surface area contributed by atoms with E-state index in [9.17, 15) is 4.39 Å². The fraction of sp³-hybridized carbons (Fsp3) is 0.667. The third-order valence-corrected chi connectivity index (χ3v) is 4.74. The summed E-state index contributed by atoms with van der Waals surface area (Å²) >= 11 is 0. The van der Waals surface area contributed by atoms with E-state index in [1.807, 2.05) is 19.2 Å². The molecule has 1 N–H and O–H groups in total. The van der Waals surface area contributed by atoms with Crippen LogP contribution < -0.4 is 5.32 Å². The van der Waals surface area contributed by atoms with Crippen molar-refractivity contribution in [3.8, 4) is 0 Å². The Hall–Kier alpha value is -0.930. The SMILES string of the molecule is CNCC1(CN(C)Cc2ccccc2F)CCCC(C)C1. The summed E-state index contributed by atoms with van der Waals surface area (Å²) < 4.78 is 13.8. The van der Waals surface area contributed by atoms with Crippen LogP contribution in [0.3, 0.4) is 0 Å². The first-order chi connectivity index (χ1) is 10.0. The van der Waals surface area contributed by atoms with Crippen LogP contribution in [-0.4, -0.2) is 32.1 Å². The molecule has 0 aromatic heterocycles. The highest BCUT2D eigenvalue weighted by atomic mass is 19.1. The monoisotopic (exact) mass is 292 g/mol. The largest absolute Gasteiger partial charge is 0.319 e. The molecule has 2 atom stereocenters. The smallest absolute Gasteiger partial charge is 0.127 e. The van der Waals surface area contributed by atoms with Crippen molar-refractivity contribution >= 4 is 0 Å². The number of hydrogen-bond acceptors (Lipinski definition) is 2. The van der Waals surface area contributed by atoms with Gasteiger partial charge in [-0.2, -0.15) is 0 Å². The van der Waals surface area contributed by atoms with E-state index < -0.39 is 0 Å². The summed E-state index contributed by atoms with van der Waals surface area (Å²) in [5, 5.41) is 3.38. The lowest BCUT2D eigenvalue weighted by Gasteiger charge is -2.42. The summed E-state index contributed by atoms with van der Waals surface area (Å²) in [5.41, 5.74) is 1.13. The minimum Gasteiger partial charge on any atom is -0.319 e. The first-order valence-electron chi connectivity index (χ1n) is 8.11. The molecule has 0 radical (unpaired) electrons. The summed E-state index contributed by atoms with van der Waals surface area (Å²) in [6, 6.07) is 7.11. The molecule has 118 valence electrons. The Morgan fingerprint density at radius 3 is 2.81 bits per heavy atom. The van der Waals surface area contributed by atoms with Crippen LogP contribution in [0.1, 0.15) is 38.2 Å². The predicted octanol–water partition coefficient (Wildman–Crippen LogP) is 3.67. The number of nitrogens with one attached hydrogen (secondary N) is 1. The molecule has 0 aliphatic heterocycles. The maximum Gasteiger partial charge on any atom is 0.127 e. The minimum absolute atomic E-state index is 0.0935. The highest BCUT2D eigenvalue weighted by molar-refractivity contribution is 5.17. The quantitative estimate of drug-likeness (QED) is 0.860. The van der Waals surface area contributed by atoms with Crippen molar-refractivity contribution in [2.75, 3.05) is 27.2 Å². The molecule has 2 rings (SSSR count). The summed E-state index contributed by atoms with van der Waals surface area (Å²) in [6.07, 6.45) is 5.22. The molecular formula is C18H29FN2. The van der Waals surface area contributed by atoms with E-state index in [0.29, 0.717) is 12.0 Å². The Morgan fingerprint density at radius 1 is 1.38 bits per heavy atom. The molecule has 1 aliphatic carbocycles. The first-order valence-corrected chi connectivity index (χ1v) is 8.11. The van der Waals surface area contributed by atoms with Crippen LogP contribution in [0.15, 0.2) is 24.3 Å². The van der Waals surface area contributed by atoms with Crippen molar-refractivity contribution in [2.45, 2.75) is 39.2 Å². The van der Waals surface area contributed by atoms with Gasteiger partial charge in [0, 0.05) is 25.2 Å². The highest BCUT2D eigenvalue weighted by Crippen LogP contribution is 2.39. The van der Waals surface area contributed by atoms with Crippen LogP contribution in [0, 0.1) is 17.2 Å². The predicted molar refractivity (Wildman–Crippen MR) is 86.7 cm³/mol. The second-order valence-electron chi connectivity index (χ2n) is 7.00. The van der Waals surface area contributed by atoms with Crippen molar-refractivity contribution in [2.24, 2.45) is 11.3 Å². The molecule has 0 heterocycles. The zero-order chi connectivity index (χ0) is 15.3. The van der Waals surface area contributed by atoms with Crippen molar-refractivity contribution in [3.63, 3.8) is 0 Å². The standard InChI is InChI=1S/C18H29FN2/c1-15-7-6-10-18(11-15,13-20-2)14-21(3)12-16-8-4-5-9-17(16)19/h4-5,8-9,15,20H,6-7,10-14H2,1-3H3. The molecule has 1 aromatic rings. The Morgan fingerprint density at radius 2 is 2.14 bits per heavy atom. The molecule has 0 bridgehead atoms. The van der Waals surface area contributed by atoms with Crippen LogP contribution in [0.4, 0.5) is 4.39 Å². The molecule has 1 saturated carbocycles. The lowest BCUT2D eigenvalue weighted by atomic mass is 9.69. The zero-order valence-electron chi connectivity index (χ0n) is 13.7. The lowest BCUT2D eigenvalue weighted by Crippen LogP contribution is -2.44. The fourth-order valence-electron chi connectivity index (χ4n) is 4.05. The Labute approximate surface area is 128 Å². The molecule has 2 unspecified atom stereocenters. The third kappa shape index (κ3) is 4.52. The van der Waals surface area contributed by atoms with Crippen molar-refractivity contribution in [3.05, 3.63) is 35.6 Å². The number of hydrogen-bond donors (Lipinski definition) is 1. The van der Waals surface area contributed by atoms with E-state index in [1.165, 1.54) is 25.7 Å². The maximum absolute atomic E-state index is 13.8. The van der Waals surface area contributed by atoms with Gasteiger partial charge >= 0.3 is 0 Å². The third-order valence-electron chi connectivity index (χ3n) is 4.74. The molecule has 0 saturated heterocycles. The molecule has 0 spiro atoms. The summed E-state index contributed by atoms with van der Waals surface area (Å²) in [5.74, 6) is 0.706. The second kappa shape index (κ2) is 7.37. The molecule has 1 fully saturated rings. The van der Waals surface area contributed by atoms with E-state index >= 15 is 0 Å². The summed E-state index contributed by atoms with van der Waals surface area (Å²) in [4.78, 5) is 2.29. The van der Waals surface area contributed by atoms with Gasteiger partial charge in [-0.3, -0.25) is 0 Å². The van der Waals surface area contributed by atoms with E-state index in [1.54, 1.807) is 12.1 Å². The van der Waals surface area contributed by atoms with E-state index in [2.05, 4.69) is 24.2 Å². The normalized spacial score (nSPS) is 26.2. The van der Waals surface area contributed by atoms with Crippen LogP contribution in [0.25, 0.3) is 0 Å². The van der Waals surface area contributed by atoms with Gasteiger partial charge in [0.15, 0.2) is 0 Å². The minimum atomic E-state index is -0.0935. The van der Waals surface area contributed by atoms with Gasteiger partial charge in [0.2, 0.25) is 0 Å². The van der Waals surface area contributed by atoms with Crippen molar-refractivity contribution in [1.82, 2.24) is 10.2 Å². The zero-order valence-corrected chi connectivity index (χ0v) is 13.7. The van der Waals surface area contributed by atoms with Crippen LogP contribution in [-0.2, 0) is 6.54 Å². The Balaban J connectivity index is 2.01. The number of rotatable bonds is 6. The first kappa shape index (κ1) is 16.4. The molecule has 2 nitrogen and oxygen atoms in total. The van der Waals surface area contributed by atoms with Crippen LogP contribution in [0.2, 0.25) is 0 Å². The van der Waals surface area contributed by atoms with Gasteiger partial charge in [0.1, 0.15) is 5.82 Å².